The van der Waals surface area contributed by atoms with Crippen molar-refractivity contribution in [3.05, 3.63) is 0 Å². The molecule has 3 aliphatic rings. The second-order valence-electron chi connectivity index (χ2n) is 7.57. The fraction of sp³-hybridized carbons (Fsp3) is 0.944. The minimum Gasteiger partial charge on any atom is -0.327 e. The molecule has 1 saturated carbocycles. The van der Waals surface area contributed by atoms with Crippen LogP contribution in [0.4, 0.5) is 0 Å². The van der Waals surface area contributed by atoms with E-state index in [1.54, 1.807) is 0 Å². The zero-order valence-electron chi connectivity index (χ0n) is 13.8. The van der Waals surface area contributed by atoms with Gasteiger partial charge in [-0.2, -0.15) is 0 Å². The van der Waals surface area contributed by atoms with Crippen molar-refractivity contribution >= 4 is 5.84 Å². The third-order valence-electron chi connectivity index (χ3n) is 6.10. The van der Waals surface area contributed by atoms with E-state index in [4.69, 9.17) is 0 Å². The highest BCUT2D eigenvalue weighted by molar-refractivity contribution is 5.76. The van der Waals surface area contributed by atoms with E-state index >= 15 is 0 Å². The normalized spacial score (nSPS) is 27.7. The quantitative estimate of drug-likeness (QED) is 0.691. The molecule has 2 fully saturated rings. The summed E-state index contributed by atoms with van der Waals surface area (Å²) >= 11 is 0. The Morgan fingerprint density at radius 1 is 0.857 bits per heavy atom. The van der Waals surface area contributed by atoms with Crippen molar-refractivity contribution in [2.45, 2.75) is 82.6 Å². The monoisotopic (exact) mass is 293 g/mol. The molecule has 0 aromatic carbocycles. The van der Waals surface area contributed by atoms with Gasteiger partial charge in [0.25, 0.3) is 0 Å². The minimum absolute atomic E-state index is 0.541. The highest BCUT2D eigenvalue weighted by Gasteiger charge is 2.43. The van der Waals surface area contributed by atoms with Crippen LogP contribution in [0.25, 0.3) is 0 Å². The van der Waals surface area contributed by atoms with Gasteiger partial charge >= 0.3 is 0 Å². The van der Waals surface area contributed by atoms with Crippen molar-refractivity contribution in [3.8, 4) is 0 Å². The lowest BCUT2D eigenvalue weighted by Gasteiger charge is -2.44. The lowest BCUT2D eigenvalue weighted by atomic mass is 9.79. The van der Waals surface area contributed by atoms with Crippen molar-refractivity contribution in [2.75, 3.05) is 26.2 Å². The molecule has 1 saturated heterocycles. The topological polar surface area (TPSA) is 30.4 Å². The van der Waals surface area contributed by atoms with E-state index in [0.717, 1.165) is 0 Å². The highest BCUT2D eigenvalue weighted by Crippen LogP contribution is 2.26. The first kappa shape index (κ1) is 15.3. The first-order valence-electron chi connectivity index (χ1n) is 9.58. The molecule has 3 N–H and O–H groups in total. The molecule has 0 aromatic rings. The van der Waals surface area contributed by atoms with E-state index in [9.17, 15) is 0 Å². The first-order chi connectivity index (χ1) is 10.4. The van der Waals surface area contributed by atoms with Crippen LogP contribution in [0.15, 0.2) is 0 Å². The van der Waals surface area contributed by atoms with E-state index in [1.165, 1.54) is 109 Å². The van der Waals surface area contributed by atoms with Gasteiger partial charge in [0.05, 0.1) is 19.6 Å². The SMILES string of the molecule is C1CC[NH+]=C(NCC2([NH+]3CCCCC3)CCCCC2)CC1. The van der Waals surface area contributed by atoms with Crippen LogP contribution >= 0.6 is 0 Å². The van der Waals surface area contributed by atoms with Gasteiger partial charge in [-0.05, 0) is 51.4 Å². The molecule has 0 unspecified atom stereocenters. The number of quaternary nitrogens is 1. The van der Waals surface area contributed by atoms with Crippen LogP contribution in [0.5, 0.6) is 0 Å². The Bertz CT molecular complexity index is 338. The molecule has 0 atom stereocenters. The molecule has 120 valence electrons. The Balaban J connectivity index is 1.62. The number of amidine groups is 1. The summed E-state index contributed by atoms with van der Waals surface area (Å²) in [4.78, 5) is 5.56. The van der Waals surface area contributed by atoms with E-state index in [2.05, 4.69) is 10.3 Å². The van der Waals surface area contributed by atoms with Gasteiger partial charge in [-0.15, -0.1) is 0 Å². The molecule has 2 heterocycles. The summed E-state index contributed by atoms with van der Waals surface area (Å²) in [7, 11) is 0. The molecule has 1 aliphatic carbocycles. The fourth-order valence-corrected chi connectivity index (χ4v) is 4.75. The molecule has 3 heteroatoms. The third-order valence-corrected chi connectivity index (χ3v) is 6.10. The van der Waals surface area contributed by atoms with Gasteiger partial charge in [0.15, 0.2) is 0 Å². The highest BCUT2D eigenvalue weighted by atomic mass is 15.2. The van der Waals surface area contributed by atoms with Gasteiger partial charge in [-0.25, -0.2) is 0 Å². The van der Waals surface area contributed by atoms with Gasteiger partial charge < -0.3 is 4.90 Å². The van der Waals surface area contributed by atoms with Crippen molar-refractivity contribution in [1.29, 1.82) is 0 Å². The Kier molecular flexibility index (Phi) is 5.56. The molecule has 2 aliphatic heterocycles. The predicted molar refractivity (Wildman–Crippen MR) is 87.7 cm³/mol. The molecule has 0 bridgehead atoms. The molecule has 3 nitrogen and oxygen atoms in total. The van der Waals surface area contributed by atoms with Crippen molar-refractivity contribution in [2.24, 2.45) is 0 Å². The Morgan fingerprint density at radius 3 is 2.38 bits per heavy atom. The van der Waals surface area contributed by atoms with Gasteiger partial charge in [-0.1, -0.05) is 6.42 Å². The van der Waals surface area contributed by atoms with E-state index in [-0.39, 0.29) is 0 Å². The molecule has 21 heavy (non-hydrogen) atoms. The summed E-state index contributed by atoms with van der Waals surface area (Å²) in [5.74, 6) is 1.44. The van der Waals surface area contributed by atoms with Crippen molar-refractivity contribution in [1.82, 2.24) is 5.32 Å². The summed E-state index contributed by atoms with van der Waals surface area (Å²) in [6.45, 7) is 5.23. The first-order valence-corrected chi connectivity index (χ1v) is 9.58. The average molecular weight is 293 g/mol. The van der Waals surface area contributed by atoms with E-state index in [0.29, 0.717) is 5.54 Å². The molecular weight excluding hydrogens is 258 g/mol. The third kappa shape index (κ3) is 4.00. The molecule has 0 aromatic heterocycles. The standard InChI is InChI=1S/C18H33N3/c1-4-10-17(19-13-7-1)20-16-18(11-5-2-6-12-18)21-14-8-3-9-15-21/h1-16H2,(H,19,20)/p+2. The number of hydrogen-bond acceptors (Lipinski definition) is 1. The summed E-state index contributed by atoms with van der Waals surface area (Å²) in [5.41, 5.74) is 0.541. The maximum Gasteiger partial charge on any atom is 0.242 e. The molecule has 0 spiro atoms. The van der Waals surface area contributed by atoms with Gasteiger partial charge in [0, 0.05) is 19.3 Å². The average Bonchev–Trinajstić information content (AvgIpc) is 2.83. The van der Waals surface area contributed by atoms with Crippen LogP contribution in [0, 0.1) is 0 Å². The van der Waals surface area contributed by atoms with Crippen LogP contribution in [0.1, 0.15) is 77.0 Å². The summed E-state index contributed by atoms with van der Waals surface area (Å²) in [5, 5.41) is 3.85. The van der Waals surface area contributed by atoms with Gasteiger partial charge in [-0.3, -0.25) is 10.3 Å². The zero-order chi connectivity index (χ0) is 14.4. The summed E-state index contributed by atoms with van der Waals surface area (Å²) in [6.07, 6.45) is 17.0. The molecule has 3 rings (SSSR count). The van der Waals surface area contributed by atoms with E-state index in [1.807, 2.05) is 4.90 Å². The van der Waals surface area contributed by atoms with Crippen LogP contribution in [-0.4, -0.2) is 37.6 Å². The van der Waals surface area contributed by atoms with Crippen molar-refractivity contribution in [3.63, 3.8) is 0 Å². The van der Waals surface area contributed by atoms with Crippen molar-refractivity contribution < 1.29 is 9.89 Å². The second kappa shape index (κ2) is 7.62. The van der Waals surface area contributed by atoms with Crippen LogP contribution in [0.2, 0.25) is 0 Å². The Morgan fingerprint density at radius 2 is 1.57 bits per heavy atom. The number of hydrogen-bond donors (Lipinski definition) is 3. The molecular formula is C18H35N3+2. The fourth-order valence-electron chi connectivity index (χ4n) is 4.75. The Labute approximate surface area is 130 Å². The lowest BCUT2D eigenvalue weighted by Crippen LogP contribution is -3.22. The molecule has 0 amide bonds. The second-order valence-corrected chi connectivity index (χ2v) is 7.57. The Hall–Kier alpha value is -0.570. The van der Waals surface area contributed by atoms with E-state index < -0.39 is 0 Å². The number of nitrogens with one attached hydrogen (secondary N) is 3. The van der Waals surface area contributed by atoms with Crippen LogP contribution in [-0.2, 0) is 0 Å². The summed E-state index contributed by atoms with van der Waals surface area (Å²) < 4.78 is 0. The predicted octanol–water partition coefficient (Wildman–Crippen LogP) is 0.401. The van der Waals surface area contributed by atoms with Crippen LogP contribution < -0.4 is 15.2 Å². The van der Waals surface area contributed by atoms with Gasteiger partial charge in [0.1, 0.15) is 12.1 Å². The smallest absolute Gasteiger partial charge is 0.242 e. The van der Waals surface area contributed by atoms with Crippen LogP contribution in [0.3, 0.4) is 0 Å². The summed E-state index contributed by atoms with van der Waals surface area (Å²) in [6, 6.07) is 0. The zero-order valence-corrected chi connectivity index (χ0v) is 13.8. The maximum absolute atomic E-state index is 3.85. The largest absolute Gasteiger partial charge is 0.327 e. The minimum atomic E-state index is 0.541. The number of likely N-dealkylation sites (tertiary alicyclic amines) is 1. The number of piperidine rings is 1. The lowest BCUT2D eigenvalue weighted by molar-refractivity contribution is -0.957. The maximum atomic E-state index is 3.85. The number of rotatable bonds is 3. The van der Waals surface area contributed by atoms with Gasteiger partial charge in [0.2, 0.25) is 5.84 Å². The molecule has 0 radical (unpaired) electrons.